The number of para-hydroxylation sites is 1. The smallest absolute Gasteiger partial charge is 0.264 e. The van der Waals surface area contributed by atoms with Crippen LogP contribution >= 0.6 is 0 Å². The summed E-state index contributed by atoms with van der Waals surface area (Å²) in [5.74, 6) is -0.432. The molecular formula is C26H32N2O5Si. The van der Waals surface area contributed by atoms with Crippen LogP contribution in [0.3, 0.4) is 0 Å². The predicted molar refractivity (Wildman–Crippen MR) is 133 cm³/mol. The molecule has 34 heavy (non-hydrogen) atoms. The number of ether oxygens (including phenoxy) is 1. The van der Waals surface area contributed by atoms with E-state index in [4.69, 9.17) is 4.74 Å². The molecule has 180 valence electrons. The Bertz CT molecular complexity index is 1160. The monoisotopic (exact) mass is 480 g/mol. The highest BCUT2D eigenvalue weighted by molar-refractivity contribution is 6.71. The number of aryl methyl sites for hydroxylation is 1. The molecule has 3 aliphatic rings. The molecule has 5 rings (SSSR count). The van der Waals surface area contributed by atoms with Crippen LogP contribution in [0.25, 0.3) is 0 Å². The maximum atomic E-state index is 13.8. The molecule has 8 heteroatoms. The van der Waals surface area contributed by atoms with E-state index in [-0.39, 0.29) is 29.9 Å². The molecule has 4 atom stereocenters. The van der Waals surface area contributed by atoms with E-state index >= 15 is 0 Å². The Hall–Kier alpha value is -2.52. The van der Waals surface area contributed by atoms with Gasteiger partial charge in [0.05, 0.1) is 17.5 Å². The van der Waals surface area contributed by atoms with Crippen LogP contribution in [0, 0.1) is 5.92 Å². The first-order chi connectivity index (χ1) is 16.1. The number of hydrogen-bond acceptors (Lipinski definition) is 5. The van der Waals surface area contributed by atoms with Crippen molar-refractivity contribution in [2.24, 2.45) is 5.92 Å². The van der Waals surface area contributed by atoms with Crippen LogP contribution in [-0.4, -0.2) is 49.8 Å². The molecule has 1 fully saturated rings. The highest BCUT2D eigenvalue weighted by Crippen LogP contribution is 2.59. The average Bonchev–Trinajstić information content (AvgIpc) is 3.21. The molecule has 3 aliphatic heterocycles. The summed E-state index contributed by atoms with van der Waals surface area (Å²) in [4.78, 5) is 41.3. The van der Waals surface area contributed by atoms with E-state index in [1.54, 1.807) is 16.8 Å². The topological polar surface area (TPSA) is 90.3 Å². The molecule has 0 unspecified atom stereocenters. The van der Waals surface area contributed by atoms with Gasteiger partial charge in [-0.25, -0.2) is 0 Å². The van der Waals surface area contributed by atoms with Gasteiger partial charge in [-0.15, -0.1) is 0 Å². The highest BCUT2D eigenvalue weighted by Gasteiger charge is 2.65. The van der Waals surface area contributed by atoms with Crippen LogP contribution in [0.15, 0.2) is 42.5 Å². The Balaban J connectivity index is 1.66. The van der Waals surface area contributed by atoms with Crippen molar-refractivity contribution in [3.8, 4) is 0 Å². The Kier molecular flexibility index (Phi) is 5.48. The van der Waals surface area contributed by atoms with Gasteiger partial charge in [0.1, 0.15) is 0 Å². The van der Waals surface area contributed by atoms with Crippen molar-refractivity contribution in [2.45, 2.75) is 56.5 Å². The molecule has 0 saturated carbocycles. The number of hydrogen-bond donors (Lipinski definition) is 2. The lowest BCUT2D eigenvalue weighted by Crippen LogP contribution is -2.45. The molecule has 2 N–H and O–H groups in total. The van der Waals surface area contributed by atoms with Gasteiger partial charge >= 0.3 is 0 Å². The zero-order valence-corrected chi connectivity index (χ0v) is 21.1. The molecule has 0 aliphatic carbocycles. The molecular weight excluding hydrogens is 448 g/mol. The molecule has 0 aromatic heterocycles. The third-order valence-electron chi connectivity index (χ3n) is 7.86. The molecule has 1 saturated heterocycles. The first kappa shape index (κ1) is 23.2. The predicted octanol–water partition coefficient (Wildman–Crippen LogP) is 3.45. The van der Waals surface area contributed by atoms with E-state index in [1.807, 2.05) is 62.5 Å². The van der Waals surface area contributed by atoms with Gasteiger partial charge in [0, 0.05) is 42.8 Å². The number of fused-ring (bicyclic) bond motifs is 3. The standard InChI is InChI=1S/C26H32N2O5Si/c1-16-24(34(3,4)32)22(13-14-29)33-26(16)19-15-18(10-11-21(19)27(2)25(26)31)28-20-8-6-5-7-17(20)9-12-23(28)30/h5-8,10-11,15-16,22,24,29,32H,9,12-14H2,1-4H3/t16-,22+,24-,26+/m0/s1. The van der Waals surface area contributed by atoms with Gasteiger partial charge in [-0.3, -0.25) is 14.5 Å². The number of benzene rings is 2. The Morgan fingerprint density at radius 3 is 2.56 bits per heavy atom. The number of aliphatic hydroxyl groups is 1. The van der Waals surface area contributed by atoms with Crippen molar-refractivity contribution < 1.29 is 24.2 Å². The van der Waals surface area contributed by atoms with E-state index in [2.05, 4.69) is 0 Å². The largest absolute Gasteiger partial charge is 0.432 e. The van der Waals surface area contributed by atoms with Crippen LogP contribution in [0.2, 0.25) is 18.6 Å². The number of amides is 2. The van der Waals surface area contributed by atoms with Gasteiger partial charge in [-0.05, 0) is 55.8 Å². The minimum absolute atomic E-state index is 0.0192. The third kappa shape index (κ3) is 3.20. The van der Waals surface area contributed by atoms with E-state index < -0.39 is 20.0 Å². The second kappa shape index (κ2) is 8.02. The number of carbonyl (C=O) groups excluding carboxylic acids is 2. The maximum Gasteiger partial charge on any atom is 0.264 e. The number of nitrogens with zero attached hydrogens (tertiary/aromatic N) is 2. The number of rotatable bonds is 4. The Morgan fingerprint density at radius 2 is 1.85 bits per heavy atom. The molecule has 2 amide bonds. The summed E-state index contributed by atoms with van der Waals surface area (Å²) in [5, 5.41) is 9.69. The minimum Gasteiger partial charge on any atom is -0.432 e. The van der Waals surface area contributed by atoms with Crippen molar-refractivity contribution in [3.63, 3.8) is 0 Å². The van der Waals surface area contributed by atoms with Gasteiger partial charge in [0.25, 0.3) is 5.91 Å². The van der Waals surface area contributed by atoms with Crippen molar-refractivity contribution in [1.29, 1.82) is 0 Å². The molecule has 7 nitrogen and oxygen atoms in total. The molecule has 2 aromatic carbocycles. The fourth-order valence-electron chi connectivity index (χ4n) is 6.42. The van der Waals surface area contributed by atoms with E-state index in [9.17, 15) is 19.5 Å². The van der Waals surface area contributed by atoms with E-state index in [0.29, 0.717) is 24.9 Å². The molecule has 3 heterocycles. The summed E-state index contributed by atoms with van der Waals surface area (Å²) >= 11 is 0. The van der Waals surface area contributed by atoms with Crippen LogP contribution < -0.4 is 9.80 Å². The van der Waals surface area contributed by atoms with Gasteiger partial charge in [-0.2, -0.15) is 0 Å². The lowest BCUT2D eigenvalue weighted by molar-refractivity contribution is -0.146. The van der Waals surface area contributed by atoms with Crippen molar-refractivity contribution in [2.75, 3.05) is 23.5 Å². The van der Waals surface area contributed by atoms with Crippen LogP contribution in [0.5, 0.6) is 0 Å². The molecule has 1 spiro atoms. The third-order valence-corrected chi connectivity index (χ3v) is 10.4. The average molecular weight is 481 g/mol. The number of anilines is 3. The van der Waals surface area contributed by atoms with Crippen molar-refractivity contribution in [1.82, 2.24) is 0 Å². The van der Waals surface area contributed by atoms with Gasteiger partial charge in [0.2, 0.25) is 5.91 Å². The second-order valence-corrected chi connectivity index (χ2v) is 14.3. The lowest BCUT2D eigenvalue weighted by atomic mass is 9.82. The molecule has 0 bridgehead atoms. The normalized spacial score (nSPS) is 28.6. The fourth-order valence-corrected chi connectivity index (χ4v) is 9.02. The summed E-state index contributed by atoms with van der Waals surface area (Å²) in [6.07, 6.45) is 1.08. The zero-order chi connectivity index (χ0) is 24.4. The summed E-state index contributed by atoms with van der Waals surface area (Å²) in [5.41, 5.74) is 2.69. The SMILES string of the molecule is C[C@H]1[C@H]([Si](C)(C)O)[C@@H](CCO)O[C@]12C(=O)N(C)c1ccc(N3C(=O)CCc4ccccc43)cc12. The highest BCUT2D eigenvalue weighted by atomic mass is 28.4. The van der Waals surface area contributed by atoms with E-state index in [1.165, 1.54) is 0 Å². The van der Waals surface area contributed by atoms with Gasteiger partial charge in [0.15, 0.2) is 13.9 Å². The summed E-state index contributed by atoms with van der Waals surface area (Å²) in [7, 11) is -0.991. The Morgan fingerprint density at radius 1 is 1.12 bits per heavy atom. The quantitative estimate of drug-likeness (QED) is 0.654. The zero-order valence-electron chi connectivity index (χ0n) is 20.1. The van der Waals surface area contributed by atoms with Gasteiger partial charge in [-0.1, -0.05) is 25.1 Å². The minimum atomic E-state index is -2.73. The Labute approximate surface area is 201 Å². The van der Waals surface area contributed by atoms with Gasteiger partial charge < -0.3 is 19.5 Å². The van der Waals surface area contributed by atoms with Crippen LogP contribution in [-0.2, 0) is 26.3 Å². The first-order valence-electron chi connectivity index (χ1n) is 12.0. The number of aliphatic hydroxyl groups excluding tert-OH is 1. The summed E-state index contributed by atoms with van der Waals surface area (Å²) in [6.45, 7) is 5.63. The second-order valence-electron chi connectivity index (χ2n) is 10.3. The molecule has 2 aromatic rings. The summed E-state index contributed by atoms with van der Waals surface area (Å²) in [6, 6.07) is 13.6. The number of carbonyl (C=O) groups is 2. The van der Waals surface area contributed by atoms with Crippen molar-refractivity contribution in [3.05, 3.63) is 53.6 Å². The lowest BCUT2D eigenvalue weighted by Gasteiger charge is -2.33. The van der Waals surface area contributed by atoms with Crippen molar-refractivity contribution >= 4 is 37.2 Å². The van der Waals surface area contributed by atoms with E-state index in [0.717, 1.165) is 22.5 Å². The number of likely N-dealkylation sites (N-methyl/N-ethyl adjacent to an activating group) is 1. The van der Waals surface area contributed by atoms with Crippen LogP contribution in [0.1, 0.15) is 30.9 Å². The molecule has 0 radical (unpaired) electrons. The first-order valence-corrected chi connectivity index (χ1v) is 15.0. The van der Waals surface area contributed by atoms with Crippen LogP contribution in [0.4, 0.5) is 17.1 Å². The summed E-state index contributed by atoms with van der Waals surface area (Å²) < 4.78 is 6.57. The fraction of sp³-hybridized carbons (Fsp3) is 0.462. The maximum absolute atomic E-state index is 13.8.